The fourth-order valence-electron chi connectivity index (χ4n) is 0.352. The van der Waals surface area contributed by atoms with Crippen LogP contribution in [0.15, 0.2) is 30.4 Å². The first-order chi connectivity index (χ1) is 4.35. The highest BCUT2D eigenvalue weighted by Gasteiger charge is 1.87. The van der Waals surface area contributed by atoms with Gasteiger partial charge in [-0.3, -0.25) is 9.83 Å². The maximum Gasteiger partial charge on any atom is 0.110 e. The van der Waals surface area contributed by atoms with Crippen molar-refractivity contribution >= 4 is 5.71 Å². The summed E-state index contributed by atoms with van der Waals surface area (Å²) in [6, 6.07) is 0. The van der Waals surface area contributed by atoms with E-state index in [9.17, 15) is 0 Å². The van der Waals surface area contributed by atoms with Crippen LogP contribution in [-0.4, -0.2) is 12.3 Å². The predicted molar refractivity (Wildman–Crippen MR) is 38.0 cm³/mol. The normalized spacial score (nSPS) is 11.0. The van der Waals surface area contributed by atoms with Gasteiger partial charge in [0.1, 0.15) is 6.61 Å². The Balaban J connectivity index is 3.80. The molecule has 0 aliphatic heterocycles. The zero-order valence-electron chi connectivity index (χ0n) is 5.21. The van der Waals surface area contributed by atoms with Crippen molar-refractivity contribution in [2.24, 2.45) is 10.9 Å². The molecule has 2 N–H and O–H groups in total. The first-order valence-electron chi connectivity index (χ1n) is 2.46. The molecule has 0 heterocycles. The maximum absolute atomic E-state index is 4.77. The average molecular weight is 126 g/mol. The van der Waals surface area contributed by atoms with Crippen LogP contribution in [0.2, 0.25) is 0 Å². The van der Waals surface area contributed by atoms with Gasteiger partial charge >= 0.3 is 0 Å². The van der Waals surface area contributed by atoms with E-state index in [2.05, 4.69) is 23.0 Å². The molecule has 50 valence electrons. The summed E-state index contributed by atoms with van der Waals surface area (Å²) in [6.45, 7) is 7.16. The van der Waals surface area contributed by atoms with Crippen LogP contribution >= 0.6 is 0 Å². The number of aliphatic imine (C=N–C) groups is 1. The first-order valence-corrected chi connectivity index (χ1v) is 2.46. The molecule has 0 saturated heterocycles. The van der Waals surface area contributed by atoms with E-state index in [0.29, 0.717) is 5.71 Å². The van der Waals surface area contributed by atoms with Crippen molar-refractivity contribution in [3.8, 4) is 0 Å². The largest absolute Gasteiger partial charge is 0.298 e. The molecular formula is C6H10N2O. The second-order valence-corrected chi connectivity index (χ2v) is 1.32. The molecule has 0 aromatic rings. The summed E-state index contributed by atoms with van der Waals surface area (Å²) in [5.41, 5.74) is 0.674. The summed E-state index contributed by atoms with van der Waals surface area (Å²) in [5, 5.41) is 0. The van der Waals surface area contributed by atoms with Crippen LogP contribution in [0.25, 0.3) is 0 Å². The maximum atomic E-state index is 4.77. The van der Waals surface area contributed by atoms with E-state index < -0.39 is 0 Å². The van der Waals surface area contributed by atoms with Crippen molar-refractivity contribution < 1.29 is 4.84 Å². The minimum atomic E-state index is 0.273. The second-order valence-electron chi connectivity index (χ2n) is 1.32. The molecule has 3 nitrogen and oxygen atoms in total. The molecule has 0 rings (SSSR count). The van der Waals surface area contributed by atoms with Gasteiger partial charge < -0.3 is 0 Å². The van der Waals surface area contributed by atoms with Crippen LogP contribution in [-0.2, 0) is 4.84 Å². The van der Waals surface area contributed by atoms with Crippen molar-refractivity contribution in [2.75, 3.05) is 6.61 Å². The summed E-state index contributed by atoms with van der Waals surface area (Å²) < 4.78 is 0. The van der Waals surface area contributed by atoms with E-state index in [1.54, 1.807) is 6.08 Å². The second kappa shape index (κ2) is 5.21. The Bertz CT molecular complexity index is 129. The minimum absolute atomic E-state index is 0.273. The quantitative estimate of drug-likeness (QED) is 0.444. The van der Waals surface area contributed by atoms with Crippen LogP contribution in [0.4, 0.5) is 0 Å². The Hall–Kier alpha value is -0.930. The molecule has 0 saturated carbocycles. The molecule has 0 aromatic heterocycles. The van der Waals surface area contributed by atoms with Crippen LogP contribution < -0.4 is 5.90 Å². The molecular weight excluding hydrogens is 116 g/mol. The van der Waals surface area contributed by atoms with E-state index in [1.807, 2.05) is 0 Å². The summed E-state index contributed by atoms with van der Waals surface area (Å²) >= 11 is 0. The van der Waals surface area contributed by atoms with Crippen molar-refractivity contribution in [1.29, 1.82) is 0 Å². The van der Waals surface area contributed by atoms with E-state index in [-0.39, 0.29) is 6.61 Å². The van der Waals surface area contributed by atoms with Gasteiger partial charge in [-0.1, -0.05) is 13.2 Å². The van der Waals surface area contributed by atoms with E-state index >= 15 is 0 Å². The van der Waals surface area contributed by atoms with Crippen LogP contribution in [0.1, 0.15) is 0 Å². The first kappa shape index (κ1) is 8.07. The number of nitrogens with zero attached hydrogens (tertiary/aromatic N) is 1. The molecule has 9 heavy (non-hydrogen) atoms. The van der Waals surface area contributed by atoms with Crippen molar-refractivity contribution in [2.45, 2.75) is 0 Å². The van der Waals surface area contributed by atoms with Gasteiger partial charge in [0.05, 0.1) is 5.71 Å². The molecule has 0 fully saturated rings. The highest BCUT2D eigenvalue weighted by Crippen LogP contribution is 1.80. The topological polar surface area (TPSA) is 47.6 Å². The molecule has 0 amide bonds. The molecule has 0 bridgehead atoms. The van der Waals surface area contributed by atoms with Gasteiger partial charge in [0.2, 0.25) is 0 Å². The van der Waals surface area contributed by atoms with Crippen LogP contribution in [0.3, 0.4) is 0 Å². The third kappa shape index (κ3) is 3.64. The Morgan fingerprint density at radius 2 is 2.33 bits per heavy atom. The van der Waals surface area contributed by atoms with Gasteiger partial charge in [-0.15, -0.1) is 0 Å². The summed E-state index contributed by atoms with van der Waals surface area (Å²) in [5.74, 6) is 4.77. The summed E-state index contributed by atoms with van der Waals surface area (Å²) in [7, 11) is 0. The van der Waals surface area contributed by atoms with Gasteiger partial charge in [-0.2, -0.15) is 0 Å². The predicted octanol–water partition coefficient (Wildman–Crippen LogP) is 0.647. The highest BCUT2D eigenvalue weighted by atomic mass is 16.6. The molecule has 3 heteroatoms. The van der Waals surface area contributed by atoms with Gasteiger partial charge in [0.25, 0.3) is 0 Å². The fraction of sp³-hybridized carbons (Fsp3) is 0.167. The van der Waals surface area contributed by atoms with Gasteiger partial charge in [-0.05, 0) is 6.08 Å². The number of hydrogen-bond donors (Lipinski definition) is 1. The van der Waals surface area contributed by atoms with Crippen LogP contribution in [0.5, 0.6) is 0 Å². The Kier molecular flexibility index (Phi) is 4.67. The van der Waals surface area contributed by atoms with Crippen molar-refractivity contribution in [3.05, 3.63) is 25.4 Å². The lowest BCUT2D eigenvalue weighted by atomic mass is 10.4. The Morgan fingerprint density at radius 3 is 2.67 bits per heavy atom. The molecule has 0 radical (unpaired) electrons. The molecule has 0 atom stereocenters. The van der Waals surface area contributed by atoms with E-state index in [0.717, 1.165) is 0 Å². The molecule has 0 unspecified atom stereocenters. The summed E-state index contributed by atoms with van der Waals surface area (Å²) in [6.07, 6.45) is 2.98. The van der Waals surface area contributed by atoms with Gasteiger partial charge in [0.15, 0.2) is 0 Å². The highest BCUT2D eigenvalue weighted by molar-refractivity contribution is 5.95. The van der Waals surface area contributed by atoms with Gasteiger partial charge in [0, 0.05) is 6.20 Å². The minimum Gasteiger partial charge on any atom is -0.298 e. The van der Waals surface area contributed by atoms with Crippen LogP contribution in [0, 0.1) is 0 Å². The van der Waals surface area contributed by atoms with E-state index in [4.69, 9.17) is 5.90 Å². The lowest BCUT2D eigenvalue weighted by Crippen LogP contribution is -2.09. The Morgan fingerprint density at radius 1 is 1.67 bits per heavy atom. The Labute approximate surface area is 54.5 Å². The molecule has 0 spiro atoms. The molecule has 0 aliphatic carbocycles. The number of nitrogens with two attached hydrogens (primary N) is 1. The third-order valence-electron chi connectivity index (χ3n) is 0.724. The average Bonchev–Trinajstić information content (AvgIpc) is 1.88. The molecule has 0 aliphatic rings. The summed E-state index contributed by atoms with van der Waals surface area (Å²) in [4.78, 5) is 8.09. The number of rotatable bonds is 4. The standard InChI is InChI=1S/C6H10N2O/c1-3-6(5-9-7)8-4-2/h3-4H,1-2,5,7H2. The fourth-order valence-corrected chi connectivity index (χ4v) is 0.352. The van der Waals surface area contributed by atoms with Crippen molar-refractivity contribution in [1.82, 2.24) is 0 Å². The molecule has 0 aromatic carbocycles. The number of hydrogen-bond acceptors (Lipinski definition) is 3. The van der Waals surface area contributed by atoms with Gasteiger partial charge in [-0.25, -0.2) is 5.90 Å². The van der Waals surface area contributed by atoms with E-state index in [1.165, 1.54) is 6.20 Å². The SMILES string of the molecule is C=CN=C(C=C)CON. The lowest BCUT2D eigenvalue weighted by molar-refractivity contribution is 0.178. The zero-order valence-corrected chi connectivity index (χ0v) is 5.21. The lowest BCUT2D eigenvalue weighted by Gasteiger charge is -1.93. The smallest absolute Gasteiger partial charge is 0.110 e. The third-order valence-corrected chi connectivity index (χ3v) is 0.724. The van der Waals surface area contributed by atoms with Crippen molar-refractivity contribution in [3.63, 3.8) is 0 Å². The monoisotopic (exact) mass is 126 g/mol. The zero-order chi connectivity index (χ0) is 7.11.